The Balaban J connectivity index is 0.00000196. The van der Waals surface area contributed by atoms with Crippen molar-refractivity contribution in [3.63, 3.8) is 0 Å². The van der Waals surface area contributed by atoms with E-state index in [0.717, 1.165) is 0 Å². The van der Waals surface area contributed by atoms with E-state index in [-0.39, 0.29) is 23.0 Å². The Labute approximate surface area is 99.6 Å². The van der Waals surface area contributed by atoms with Crippen molar-refractivity contribution in [1.29, 1.82) is 0 Å². The summed E-state index contributed by atoms with van der Waals surface area (Å²) in [6.07, 6.45) is -0.268. The lowest BCUT2D eigenvalue weighted by Crippen LogP contribution is -2.26. The number of halogens is 3. The smallest absolute Gasteiger partial charge is 0.146 e. The summed E-state index contributed by atoms with van der Waals surface area (Å²) >= 11 is 5.59. The number of benzene rings is 1. The number of aliphatic hydroxyl groups is 1. The van der Waals surface area contributed by atoms with E-state index in [1.807, 2.05) is 0 Å². The quantitative estimate of drug-likeness (QED) is 0.871. The van der Waals surface area contributed by atoms with Gasteiger partial charge in [0.2, 0.25) is 0 Å². The lowest BCUT2D eigenvalue weighted by Gasteiger charge is -2.18. The summed E-state index contributed by atoms with van der Waals surface area (Å²) in [6, 6.07) is 3.87. The molecule has 0 saturated carbocycles. The molecule has 1 aromatic carbocycles. The Kier molecular flexibility index (Phi) is 6.13. The van der Waals surface area contributed by atoms with Gasteiger partial charge in [0.15, 0.2) is 0 Å². The first kappa shape index (κ1) is 14.6. The molecule has 15 heavy (non-hydrogen) atoms. The predicted octanol–water partition coefficient (Wildman–Crippen LogP) is 2.67. The zero-order valence-corrected chi connectivity index (χ0v) is 9.86. The third-order valence-electron chi connectivity index (χ3n) is 2.17. The Hall–Kier alpha value is -0.350. The maximum absolute atomic E-state index is 13.4. The molecular weight excluding hydrogens is 240 g/mol. The van der Waals surface area contributed by atoms with Crippen LogP contribution >= 0.6 is 24.0 Å². The first-order chi connectivity index (χ1) is 6.57. The molecule has 0 saturated heterocycles. The number of aliphatic hydroxyl groups excluding tert-OH is 1. The Bertz CT molecular complexity index is 322. The van der Waals surface area contributed by atoms with Gasteiger partial charge in [-0.1, -0.05) is 30.7 Å². The van der Waals surface area contributed by atoms with Gasteiger partial charge in [-0.2, -0.15) is 0 Å². The number of rotatable bonds is 3. The highest BCUT2D eigenvalue weighted by Crippen LogP contribution is 2.24. The van der Waals surface area contributed by atoms with E-state index in [4.69, 9.17) is 17.3 Å². The molecule has 2 nitrogen and oxygen atoms in total. The van der Waals surface area contributed by atoms with E-state index in [1.54, 1.807) is 13.0 Å². The summed E-state index contributed by atoms with van der Waals surface area (Å²) in [5.74, 6) is -0.547. The van der Waals surface area contributed by atoms with Crippen molar-refractivity contribution in [2.24, 2.45) is 5.73 Å². The molecule has 0 aliphatic heterocycles. The average molecular weight is 254 g/mol. The van der Waals surface area contributed by atoms with Gasteiger partial charge in [-0.25, -0.2) is 4.39 Å². The molecule has 0 radical (unpaired) electrons. The van der Waals surface area contributed by atoms with Crippen molar-refractivity contribution in [2.75, 3.05) is 0 Å². The predicted molar refractivity (Wildman–Crippen MR) is 61.9 cm³/mol. The van der Waals surface area contributed by atoms with Crippen LogP contribution in [-0.4, -0.2) is 11.2 Å². The van der Waals surface area contributed by atoms with Crippen LogP contribution in [-0.2, 0) is 0 Å². The Morgan fingerprint density at radius 2 is 2.13 bits per heavy atom. The van der Waals surface area contributed by atoms with Gasteiger partial charge < -0.3 is 10.8 Å². The molecule has 86 valence electrons. The Morgan fingerprint density at radius 3 is 2.67 bits per heavy atom. The van der Waals surface area contributed by atoms with Gasteiger partial charge in [0, 0.05) is 5.56 Å². The van der Waals surface area contributed by atoms with Crippen LogP contribution in [0.1, 0.15) is 24.9 Å². The van der Waals surface area contributed by atoms with Crippen LogP contribution in [0.2, 0.25) is 5.02 Å². The molecule has 0 heterocycles. The van der Waals surface area contributed by atoms with E-state index in [9.17, 15) is 9.50 Å². The second-order valence-corrected chi connectivity index (χ2v) is 3.55. The third-order valence-corrected chi connectivity index (χ3v) is 2.47. The molecule has 0 aromatic heterocycles. The van der Waals surface area contributed by atoms with Crippen molar-refractivity contribution in [2.45, 2.75) is 25.5 Å². The highest BCUT2D eigenvalue weighted by atomic mass is 35.5. The zero-order valence-electron chi connectivity index (χ0n) is 8.28. The van der Waals surface area contributed by atoms with Crippen molar-refractivity contribution < 1.29 is 9.50 Å². The topological polar surface area (TPSA) is 46.2 Å². The fourth-order valence-electron chi connectivity index (χ4n) is 1.24. The normalized spacial score (nSPS) is 14.2. The van der Waals surface area contributed by atoms with Crippen LogP contribution in [0.5, 0.6) is 0 Å². The van der Waals surface area contributed by atoms with Gasteiger partial charge in [0.05, 0.1) is 17.2 Å². The van der Waals surface area contributed by atoms with Gasteiger partial charge in [0.25, 0.3) is 0 Å². The van der Waals surface area contributed by atoms with Crippen molar-refractivity contribution in [3.8, 4) is 0 Å². The van der Waals surface area contributed by atoms with Gasteiger partial charge in [-0.05, 0) is 12.5 Å². The number of hydrogen-bond acceptors (Lipinski definition) is 2. The van der Waals surface area contributed by atoms with Crippen LogP contribution in [0, 0.1) is 5.82 Å². The Morgan fingerprint density at radius 1 is 1.53 bits per heavy atom. The minimum absolute atomic E-state index is 0. The van der Waals surface area contributed by atoms with Crippen LogP contribution in [0.4, 0.5) is 4.39 Å². The summed E-state index contributed by atoms with van der Waals surface area (Å²) in [5.41, 5.74) is 5.93. The standard InChI is InChI=1S/C10H13ClFNO.ClH/c1-2-8(14)10(13)6-4-3-5-7(11)9(6)12;/h3-5,8,10,14H,2,13H2,1H3;1H/t8-,10+;/m1./s1. The van der Waals surface area contributed by atoms with E-state index < -0.39 is 18.0 Å². The molecule has 0 fully saturated rings. The number of nitrogens with two attached hydrogens (primary N) is 1. The van der Waals surface area contributed by atoms with Crippen LogP contribution in [0.15, 0.2) is 18.2 Å². The van der Waals surface area contributed by atoms with Crippen LogP contribution < -0.4 is 5.73 Å². The first-order valence-electron chi connectivity index (χ1n) is 4.45. The lowest BCUT2D eigenvalue weighted by atomic mass is 10.0. The van der Waals surface area contributed by atoms with Gasteiger partial charge in [-0.15, -0.1) is 12.4 Å². The van der Waals surface area contributed by atoms with E-state index in [2.05, 4.69) is 0 Å². The number of hydrogen-bond donors (Lipinski definition) is 2. The molecule has 2 atom stereocenters. The highest BCUT2D eigenvalue weighted by molar-refractivity contribution is 6.30. The molecule has 0 bridgehead atoms. The first-order valence-corrected chi connectivity index (χ1v) is 4.83. The average Bonchev–Trinajstić information content (AvgIpc) is 2.20. The second kappa shape index (κ2) is 6.28. The molecule has 0 spiro atoms. The minimum Gasteiger partial charge on any atom is -0.391 e. The summed E-state index contributed by atoms with van der Waals surface area (Å²) < 4.78 is 13.4. The largest absolute Gasteiger partial charge is 0.391 e. The van der Waals surface area contributed by atoms with E-state index in [1.165, 1.54) is 12.1 Å². The molecule has 5 heteroatoms. The third kappa shape index (κ3) is 3.31. The van der Waals surface area contributed by atoms with Gasteiger partial charge in [0.1, 0.15) is 5.82 Å². The molecular formula is C10H14Cl2FNO. The van der Waals surface area contributed by atoms with E-state index >= 15 is 0 Å². The maximum Gasteiger partial charge on any atom is 0.146 e. The highest BCUT2D eigenvalue weighted by Gasteiger charge is 2.19. The SMILES string of the molecule is CC[C@@H](O)[C@@H](N)c1cccc(Cl)c1F.Cl. The molecule has 0 amide bonds. The molecule has 0 unspecified atom stereocenters. The van der Waals surface area contributed by atoms with Crippen molar-refractivity contribution in [3.05, 3.63) is 34.6 Å². The van der Waals surface area contributed by atoms with E-state index in [0.29, 0.717) is 6.42 Å². The monoisotopic (exact) mass is 253 g/mol. The van der Waals surface area contributed by atoms with Gasteiger partial charge in [-0.3, -0.25) is 0 Å². The molecule has 1 rings (SSSR count). The lowest BCUT2D eigenvalue weighted by molar-refractivity contribution is 0.139. The fraction of sp³-hybridized carbons (Fsp3) is 0.400. The maximum atomic E-state index is 13.4. The second-order valence-electron chi connectivity index (χ2n) is 3.14. The van der Waals surface area contributed by atoms with Crippen LogP contribution in [0.25, 0.3) is 0 Å². The molecule has 0 aliphatic rings. The summed E-state index contributed by atoms with van der Waals surface area (Å²) in [5, 5.41) is 9.49. The summed E-state index contributed by atoms with van der Waals surface area (Å²) in [4.78, 5) is 0. The van der Waals surface area contributed by atoms with Crippen molar-refractivity contribution in [1.82, 2.24) is 0 Å². The summed E-state index contributed by atoms with van der Waals surface area (Å²) in [7, 11) is 0. The molecule has 0 aliphatic carbocycles. The molecule has 1 aromatic rings. The summed E-state index contributed by atoms with van der Waals surface area (Å²) in [6.45, 7) is 1.78. The zero-order chi connectivity index (χ0) is 10.7. The fourth-order valence-corrected chi connectivity index (χ4v) is 1.42. The van der Waals surface area contributed by atoms with Gasteiger partial charge >= 0.3 is 0 Å². The van der Waals surface area contributed by atoms with Crippen LogP contribution in [0.3, 0.4) is 0 Å². The minimum atomic E-state index is -0.747. The molecule has 3 N–H and O–H groups in total. The van der Waals surface area contributed by atoms with Crippen molar-refractivity contribution >= 4 is 24.0 Å².